The molecule has 29 heavy (non-hydrogen) atoms. The van der Waals surface area contributed by atoms with Crippen LogP contribution in [-0.2, 0) is 10.0 Å². The lowest BCUT2D eigenvalue weighted by molar-refractivity contribution is 0.0868. The number of benzene rings is 1. The van der Waals surface area contributed by atoms with Crippen molar-refractivity contribution in [3.63, 3.8) is 0 Å². The largest absolute Gasteiger partial charge is 0.338 e. The van der Waals surface area contributed by atoms with Crippen molar-refractivity contribution in [2.75, 3.05) is 44.2 Å². The van der Waals surface area contributed by atoms with Crippen molar-refractivity contribution in [1.29, 1.82) is 0 Å². The third-order valence-corrected chi connectivity index (χ3v) is 7.10. The number of aromatic nitrogens is 2. The summed E-state index contributed by atoms with van der Waals surface area (Å²) in [6.45, 7) is 4.17. The summed E-state index contributed by atoms with van der Waals surface area (Å²) in [5, 5.41) is 0. The molecule has 4 rings (SSSR count). The molecule has 1 aromatic heterocycles. The second kappa shape index (κ2) is 8.03. The van der Waals surface area contributed by atoms with E-state index < -0.39 is 21.7 Å². The van der Waals surface area contributed by atoms with Crippen LogP contribution in [0.3, 0.4) is 0 Å². The first kappa shape index (κ1) is 19.7. The molecule has 2 aliphatic heterocycles. The molecule has 2 aromatic rings. The summed E-state index contributed by atoms with van der Waals surface area (Å²) in [5.41, 5.74) is 0.256. The van der Waals surface area contributed by atoms with Gasteiger partial charge in [0.25, 0.3) is 15.9 Å². The lowest BCUT2D eigenvalue weighted by Crippen LogP contribution is -2.47. The Balaban J connectivity index is 1.23. The Hall–Kier alpha value is -2.59. The minimum absolute atomic E-state index is 0.101. The second-order valence-corrected chi connectivity index (χ2v) is 8.95. The lowest BCUT2D eigenvalue weighted by Gasteiger charge is -2.34. The molecule has 1 amide bonds. The molecule has 1 aromatic carbocycles. The topological polar surface area (TPSA) is 86.7 Å². The lowest BCUT2D eigenvalue weighted by atomic mass is 10.2. The number of rotatable bonds is 6. The van der Waals surface area contributed by atoms with Crippen molar-refractivity contribution in [3.8, 4) is 0 Å². The average Bonchev–Trinajstić information content (AvgIpc) is 2.93. The summed E-state index contributed by atoms with van der Waals surface area (Å²) in [4.78, 5) is 24.8. The Morgan fingerprint density at radius 3 is 2.31 bits per heavy atom. The quantitative estimate of drug-likeness (QED) is 0.654. The number of fused-ring (bicyclic) bond motifs is 1. The number of halogens is 1. The van der Waals surface area contributed by atoms with Gasteiger partial charge in [-0.25, -0.2) is 27.1 Å². The predicted molar refractivity (Wildman–Crippen MR) is 105 cm³/mol. The highest BCUT2D eigenvalue weighted by molar-refractivity contribution is 7.90. The molecule has 0 radical (unpaired) electrons. The van der Waals surface area contributed by atoms with Gasteiger partial charge in [-0.05, 0) is 31.5 Å². The van der Waals surface area contributed by atoms with Crippen LogP contribution in [0.5, 0.6) is 0 Å². The van der Waals surface area contributed by atoms with E-state index in [1.807, 2.05) is 4.90 Å². The molecule has 0 aliphatic carbocycles. The molecule has 0 N–H and O–H groups in total. The minimum Gasteiger partial charge on any atom is -0.338 e. The van der Waals surface area contributed by atoms with Gasteiger partial charge in [0.1, 0.15) is 4.90 Å². The maximum absolute atomic E-state index is 12.9. The summed E-state index contributed by atoms with van der Waals surface area (Å²) >= 11 is 0. The maximum atomic E-state index is 12.9. The molecule has 1 saturated heterocycles. The Bertz CT molecular complexity index is 991. The van der Waals surface area contributed by atoms with Crippen LogP contribution in [0, 0.1) is 5.82 Å². The SMILES string of the molecule is O=C1c2ccccc2S(=O)(=O)N1CCCCN1CCN(c2ncc(F)cn2)CC1. The van der Waals surface area contributed by atoms with E-state index in [-0.39, 0.29) is 17.0 Å². The maximum Gasteiger partial charge on any atom is 0.269 e. The molecule has 3 heterocycles. The number of carbonyl (C=O) groups is 1. The van der Waals surface area contributed by atoms with Crippen LogP contribution in [0.2, 0.25) is 0 Å². The summed E-state index contributed by atoms with van der Waals surface area (Å²) in [7, 11) is -3.72. The highest BCUT2D eigenvalue weighted by Gasteiger charge is 2.40. The van der Waals surface area contributed by atoms with Crippen molar-refractivity contribution in [2.45, 2.75) is 17.7 Å². The summed E-state index contributed by atoms with van der Waals surface area (Å²) in [6.07, 6.45) is 3.74. The number of hydrogen-bond acceptors (Lipinski definition) is 7. The second-order valence-electron chi connectivity index (χ2n) is 7.12. The third kappa shape index (κ3) is 3.95. The molecular formula is C19H22FN5O3S. The van der Waals surface area contributed by atoms with Gasteiger partial charge in [0.15, 0.2) is 5.82 Å². The van der Waals surface area contributed by atoms with Crippen LogP contribution >= 0.6 is 0 Å². The first-order valence-electron chi connectivity index (χ1n) is 9.58. The van der Waals surface area contributed by atoms with Gasteiger partial charge >= 0.3 is 0 Å². The first-order chi connectivity index (χ1) is 14.0. The van der Waals surface area contributed by atoms with E-state index in [0.717, 1.165) is 43.4 Å². The van der Waals surface area contributed by atoms with Gasteiger partial charge < -0.3 is 4.90 Å². The molecule has 1 fully saturated rings. The number of amides is 1. The predicted octanol–water partition coefficient (Wildman–Crippen LogP) is 1.36. The summed E-state index contributed by atoms with van der Waals surface area (Å²) in [5.74, 6) is -0.356. The number of carbonyl (C=O) groups excluding carboxylic acids is 1. The van der Waals surface area contributed by atoms with Crippen LogP contribution in [0.25, 0.3) is 0 Å². The molecular weight excluding hydrogens is 397 g/mol. The van der Waals surface area contributed by atoms with Gasteiger partial charge in [-0.1, -0.05) is 12.1 Å². The molecule has 0 bridgehead atoms. The number of nitrogens with zero attached hydrogens (tertiary/aromatic N) is 5. The number of anilines is 1. The third-order valence-electron chi connectivity index (χ3n) is 5.26. The number of hydrogen-bond donors (Lipinski definition) is 0. The van der Waals surface area contributed by atoms with Crippen molar-refractivity contribution in [3.05, 3.63) is 48.0 Å². The highest BCUT2D eigenvalue weighted by Crippen LogP contribution is 2.30. The molecule has 8 nitrogen and oxygen atoms in total. The van der Waals surface area contributed by atoms with Crippen molar-refractivity contribution >= 4 is 21.9 Å². The molecule has 0 unspecified atom stereocenters. The Morgan fingerprint density at radius 2 is 1.62 bits per heavy atom. The van der Waals surface area contributed by atoms with Crippen LogP contribution < -0.4 is 4.90 Å². The van der Waals surface area contributed by atoms with Gasteiger partial charge in [-0.2, -0.15) is 0 Å². The fourth-order valence-corrected chi connectivity index (χ4v) is 5.29. The fraction of sp³-hybridized carbons (Fsp3) is 0.421. The normalized spacial score (nSPS) is 18.9. The van der Waals surface area contributed by atoms with E-state index in [1.54, 1.807) is 18.2 Å². The Kier molecular flexibility index (Phi) is 5.46. The average molecular weight is 419 g/mol. The summed E-state index contributed by atoms with van der Waals surface area (Å²) < 4.78 is 39.0. The molecule has 10 heteroatoms. The van der Waals surface area contributed by atoms with Crippen LogP contribution in [0.15, 0.2) is 41.6 Å². The standard InChI is InChI=1S/C19H22FN5O3S/c20-15-13-21-19(22-14-15)24-11-9-23(10-12-24)7-3-4-8-25-18(26)16-5-1-2-6-17(16)29(25,27)28/h1-2,5-6,13-14H,3-4,7-12H2. The van der Waals surface area contributed by atoms with Gasteiger partial charge in [0, 0.05) is 32.7 Å². The number of piperazine rings is 1. The van der Waals surface area contributed by atoms with E-state index in [0.29, 0.717) is 12.4 Å². The number of sulfonamides is 1. The molecule has 2 aliphatic rings. The Morgan fingerprint density at radius 1 is 0.966 bits per heavy atom. The van der Waals surface area contributed by atoms with Crippen LogP contribution in [0.1, 0.15) is 23.2 Å². The van der Waals surface area contributed by atoms with Crippen LogP contribution in [-0.4, -0.2) is 72.8 Å². The van der Waals surface area contributed by atoms with E-state index in [4.69, 9.17) is 0 Å². The van der Waals surface area contributed by atoms with Crippen LogP contribution in [0.4, 0.5) is 10.3 Å². The van der Waals surface area contributed by atoms with E-state index in [9.17, 15) is 17.6 Å². The zero-order valence-corrected chi connectivity index (χ0v) is 16.7. The molecule has 154 valence electrons. The highest BCUT2D eigenvalue weighted by atomic mass is 32.2. The van der Waals surface area contributed by atoms with Gasteiger partial charge in [-0.3, -0.25) is 9.69 Å². The molecule has 0 saturated carbocycles. The van der Waals surface area contributed by atoms with Gasteiger partial charge in [0.05, 0.1) is 18.0 Å². The van der Waals surface area contributed by atoms with Gasteiger partial charge in [0.2, 0.25) is 5.95 Å². The van der Waals surface area contributed by atoms with E-state index >= 15 is 0 Å². The minimum atomic E-state index is -3.72. The zero-order valence-electron chi connectivity index (χ0n) is 15.9. The summed E-state index contributed by atoms with van der Waals surface area (Å²) in [6, 6.07) is 6.34. The first-order valence-corrected chi connectivity index (χ1v) is 11.0. The fourth-order valence-electron chi connectivity index (χ4n) is 3.68. The van der Waals surface area contributed by atoms with Gasteiger partial charge in [-0.15, -0.1) is 0 Å². The van der Waals surface area contributed by atoms with Crippen molar-refractivity contribution < 1.29 is 17.6 Å². The van der Waals surface area contributed by atoms with E-state index in [2.05, 4.69) is 14.9 Å². The molecule has 0 atom stereocenters. The van der Waals surface area contributed by atoms with E-state index in [1.165, 1.54) is 18.5 Å². The Labute approximate surface area is 169 Å². The zero-order chi connectivity index (χ0) is 20.4. The monoisotopic (exact) mass is 419 g/mol. The van der Waals surface area contributed by atoms with Crippen molar-refractivity contribution in [1.82, 2.24) is 19.2 Å². The molecule has 0 spiro atoms. The van der Waals surface area contributed by atoms with Crippen molar-refractivity contribution in [2.24, 2.45) is 0 Å². The number of unbranched alkanes of at least 4 members (excludes halogenated alkanes) is 1. The smallest absolute Gasteiger partial charge is 0.269 e.